The molecule has 0 atom stereocenters. The second-order valence-electron chi connectivity index (χ2n) is 4.58. The molecule has 1 saturated carbocycles. The molecule has 0 aromatic heterocycles. The highest BCUT2D eigenvalue weighted by Gasteiger charge is 2.42. The van der Waals surface area contributed by atoms with Crippen LogP contribution >= 0.6 is 0 Å². The minimum atomic E-state index is -0.167. The number of hydrogen-bond acceptors (Lipinski definition) is 2. The fourth-order valence-electron chi connectivity index (χ4n) is 1.74. The fraction of sp³-hybridized carbons (Fsp3) is 0.462. The van der Waals surface area contributed by atoms with Crippen molar-refractivity contribution in [1.29, 1.82) is 5.26 Å². The van der Waals surface area contributed by atoms with Gasteiger partial charge in [-0.25, -0.2) is 4.39 Å². The second-order valence-corrected chi connectivity index (χ2v) is 4.58. The molecule has 1 aromatic carbocycles. The quantitative estimate of drug-likeness (QED) is 0.843. The predicted octanol–water partition coefficient (Wildman–Crippen LogP) is 2.53. The molecule has 3 heteroatoms. The van der Waals surface area contributed by atoms with Gasteiger partial charge in [0.2, 0.25) is 0 Å². The Morgan fingerprint density at radius 2 is 2.25 bits per heavy atom. The molecule has 0 saturated heterocycles. The molecule has 1 aliphatic rings. The second kappa shape index (κ2) is 4.23. The lowest BCUT2D eigenvalue weighted by Crippen LogP contribution is -2.22. The third-order valence-electron chi connectivity index (χ3n) is 3.11. The zero-order valence-corrected chi connectivity index (χ0v) is 9.39. The summed E-state index contributed by atoms with van der Waals surface area (Å²) in [7, 11) is 0. The Hall–Kier alpha value is -1.40. The van der Waals surface area contributed by atoms with Crippen molar-refractivity contribution >= 4 is 0 Å². The zero-order valence-electron chi connectivity index (χ0n) is 9.39. The van der Waals surface area contributed by atoms with E-state index in [2.05, 4.69) is 11.4 Å². The fourth-order valence-corrected chi connectivity index (χ4v) is 1.74. The summed E-state index contributed by atoms with van der Waals surface area (Å²) in [5.41, 5.74) is 1.61. The Kier molecular flexibility index (Phi) is 2.93. The third-order valence-corrected chi connectivity index (χ3v) is 3.11. The average Bonchev–Trinajstić information content (AvgIpc) is 3.04. The monoisotopic (exact) mass is 218 g/mol. The SMILES string of the molecule is Cc1cc(CNCC2(C#N)CC2)ccc1F. The lowest BCUT2D eigenvalue weighted by atomic mass is 10.1. The van der Waals surface area contributed by atoms with E-state index in [1.807, 2.05) is 6.07 Å². The first kappa shape index (κ1) is 11.1. The van der Waals surface area contributed by atoms with Crippen molar-refractivity contribution in [3.05, 3.63) is 35.1 Å². The lowest BCUT2D eigenvalue weighted by Gasteiger charge is -2.08. The number of aryl methyl sites for hydroxylation is 1. The molecule has 0 bridgehead atoms. The van der Waals surface area contributed by atoms with Gasteiger partial charge >= 0.3 is 0 Å². The molecule has 2 rings (SSSR count). The first-order valence-corrected chi connectivity index (χ1v) is 5.52. The molecule has 1 fully saturated rings. The van der Waals surface area contributed by atoms with Crippen LogP contribution in [0.1, 0.15) is 24.0 Å². The maximum atomic E-state index is 13.0. The Bertz CT molecular complexity index is 430. The molecule has 16 heavy (non-hydrogen) atoms. The van der Waals surface area contributed by atoms with E-state index in [-0.39, 0.29) is 11.2 Å². The van der Waals surface area contributed by atoms with Gasteiger partial charge in [-0.1, -0.05) is 12.1 Å². The maximum Gasteiger partial charge on any atom is 0.126 e. The molecule has 1 aromatic rings. The van der Waals surface area contributed by atoms with Gasteiger partial charge in [0.25, 0.3) is 0 Å². The van der Waals surface area contributed by atoms with E-state index < -0.39 is 0 Å². The van der Waals surface area contributed by atoms with Crippen LogP contribution in [0.2, 0.25) is 0 Å². The Morgan fingerprint density at radius 1 is 1.50 bits per heavy atom. The van der Waals surface area contributed by atoms with Crippen molar-refractivity contribution in [2.45, 2.75) is 26.3 Å². The van der Waals surface area contributed by atoms with Crippen molar-refractivity contribution in [1.82, 2.24) is 5.32 Å². The van der Waals surface area contributed by atoms with Crippen molar-refractivity contribution < 1.29 is 4.39 Å². The van der Waals surface area contributed by atoms with Crippen LogP contribution in [-0.4, -0.2) is 6.54 Å². The average molecular weight is 218 g/mol. The Morgan fingerprint density at radius 3 is 2.81 bits per heavy atom. The molecule has 0 amide bonds. The van der Waals surface area contributed by atoms with Gasteiger partial charge in [0, 0.05) is 13.1 Å². The Balaban J connectivity index is 1.86. The van der Waals surface area contributed by atoms with Crippen molar-refractivity contribution in [3.63, 3.8) is 0 Å². The molecular weight excluding hydrogens is 203 g/mol. The predicted molar refractivity (Wildman–Crippen MR) is 60.1 cm³/mol. The summed E-state index contributed by atoms with van der Waals surface area (Å²) in [6, 6.07) is 7.45. The van der Waals surface area contributed by atoms with Gasteiger partial charge in [-0.15, -0.1) is 0 Å². The van der Waals surface area contributed by atoms with Crippen molar-refractivity contribution in [2.24, 2.45) is 5.41 Å². The van der Waals surface area contributed by atoms with Crippen LogP contribution in [0.3, 0.4) is 0 Å². The molecule has 1 N–H and O–H groups in total. The summed E-state index contributed by atoms with van der Waals surface area (Å²) < 4.78 is 13.0. The number of benzene rings is 1. The van der Waals surface area contributed by atoms with Gasteiger partial charge in [-0.05, 0) is 37.0 Å². The molecule has 0 radical (unpaired) electrons. The summed E-state index contributed by atoms with van der Waals surface area (Å²) in [4.78, 5) is 0. The van der Waals surface area contributed by atoms with Crippen LogP contribution in [0.15, 0.2) is 18.2 Å². The smallest absolute Gasteiger partial charge is 0.126 e. The Labute approximate surface area is 95.1 Å². The van der Waals surface area contributed by atoms with Crippen LogP contribution in [0.5, 0.6) is 0 Å². The van der Waals surface area contributed by atoms with Gasteiger partial charge in [-0.2, -0.15) is 5.26 Å². The molecule has 0 heterocycles. The van der Waals surface area contributed by atoms with E-state index in [0.717, 1.165) is 24.9 Å². The zero-order chi connectivity index (χ0) is 11.6. The number of rotatable bonds is 4. The first-order chi connectivity index (χ1) is 7.65. The highest BCUT2D eigenvalue weighted by molar-refractivity contribution is 5.24. The van der Waals surface area contributed by atoms with E-state index >= 15 is 0 Å². The third kappa shape index (κ3) is 2.40. The number of halogens is 1. The summed E-state index contributed by atoms with van der Waals surface area (Å²) in [5, 5.41) is 12.2. The molecule has 2 nitrogen and oxygen atoms in total. The number of hydrogen-bond donors (Lipinski definition) is 1. The van der Waals surface area contributed by atoms with Crippen LogP contribution in [0.25, 0.3) is 0 Å². The molecular formula is C13H15FN2. The van der Waals surface area contributed by atoms with Crippen LogP contribution in [0, 0.1) is 29.5 Å². The van der Waals surface area contributed by atoms with E-state index in [1.165, 1.54) is 6.07 Å². The number of nitriles is 1. The summed E-state index contributed by atoms with van der Waals surface area (Å²) in [6.07, 6.45) is 2.00. The van der Waals surface area contributed by atoms with Gasteiger partial charge in [0.05, 0.1) is 11.5 Å². The van der Waals surface area contributed by atoms with Crippen LogP contribution < -0.4 is 5.32 Å². The lowest BCUT2D eigenvalue weighted by molar-refractivity contribution is 0.557. The maximum absolute atomic E-state index is 13.0. The van der Waals surface area contributed by atoms with Crippen molar-refractivity contribution in [3.8, 4) is 6.07 Å². The summed E-state index contributed by atoms with van der Waals surface area (Å²) >= 11 is 0. The van der Waals surface area contributed by atoms with Gasteiger partial charge in [-0.3, -0.25) is 0 Å². The summed E-state index contributed by atoms with van der Waals surface area (Å²) in [6.45, 7) is 3.20. The van der Waals surface area contributed by atoms with E-state index in [9.17, 15) is 4.39 Å². The highest BCUT2D eigenvalue weighted by atomic mass is 19.1. The standard InChI is InChI=1S/C13H15FN2/c1-10-6-11(2-3-12(10)14)7-16-9-13(8-15)4-5-13/h2-3,6,16H,4-5,7,9H2,1H3. The first-order valence-electron chi connectivity index (χ1n) is 5.52. The summed E-state index contributed by atoms with van der Waals surface area (Å²) in [5.74, 6) is -0.167. The molecule has 0 spiro atoms. The molecule has 0 unspecified atom stereocenters. The van der Waals surface area contributed by atoms with Crippen LogP contribution in [-0.2, 0) is 6.54 Å². The topological polar surface area (TPSA) is 35.8 Å². The van der Waals surface area contributed by atoms with E-state index in [0.29, 0.717) is 12.1 Å². The van der Waals surface area contributed by atoms with Gasteiger partial charge in [0.15, 0.2) is 0 Å². The minimum Gasteiger partial charge on any atom is -0.311 e. The van der Waals surface area contributed by atoms with Gasteiger partial charge in [0.1, 0.15) is 5.82 Å². The largest absolute Gasteiger partial charge is 0.311 e. The van der Waals surface area contributed by atoms with Gasteiger partial charge < -0.3 is 5.32 Å². The normalized spacial score (nSPS) is 16.8. The van der Waals surface area contributed by atoms with E-state index in [1.54, 1.807) is 13.0 Å². The highest BCUT2D eigenvalue weighted by Crippen LogP contribution is 2.44. The van der Waals surface area contributed by atoms with E-state index in [4.69, 9.17) is 5.26 Å². The van der Waals surface area contributed by atoms with Crippen molar-refractivity contribution in [2.75, 3.05) is 6.54 Å². The molecule has 1 aliphatic carbocycles. The van der Waals surface area contributed by atoms with Crippen LogP contribution in [0.4, 0.5) is 4.39 Å². The number of nitrogens with zero attached hydrogens (tertiary/aromatic N) is 1. The minimum absolute atomic E-state index is 0.116. The number of nitrogens with one attached hydrogen (secondary N) is 1. The molecule has 0 aliphatic heterocycles. The molecule has 84 valence electrons.